The van der Waals surface area contributed by atoms with Crippen LogP contribution in [0.5, 0.6) is 0 Å². The van der Waals surface area contributed by atoms with Gasteiger partial charge in [0.2, 0.25) is 3.79 Å². The molecule has 0 spiro atoms. The third-order valence-electron chi connectivity index (χ3n) is 2.21. The second-order valence-electron chi connectivity index (χ2n) is 3.37. The van der Waals surface area contributed by atoms with E-state index in [0.717, 1.165) is 0 Å². The average molecular weight is 278 g/mol. The number of amidine groups is 1. The van der Waals surface area contributed by atoms with Gasteiger partial charge in [0, 0.05) is 0 Å². The maximum Gasteiger partial charge on any atom is 0.247 e. The zero-order valence-corrected chi connectivity index (χ0v) is 9.96. The van der Waals surface area contributed by atoms with E-state index in [0.29, 0.717) is 0 Å². The molecule has 0 aromatic heterocycles. The molecular weight excluding hydrogens is 271 g/mol. The van der Waals surface area contributed by atoms with Gasteiger partial charge in [0.25, 0.3) is 0 Å². The highest BCUT2D eigenvalue weighted by molar-refractivity contribution is 7.91. The lowest BCUT2D eigenvalue weighted by molar-refractivity contribution is 0.600. The molecule has 2 atom stereocenters. The van der Waals surface area contributed by atoms with Gasteiger partial charge in [-0.15, -0.1) is 0 Å². The minimum atomic E-state index is -2.97. The highest BCUT2D eigenvalue weighted by Gasteiger charge is 2.45. The maximum absolute atomic E-state index is 11.2. The summed E-state index contributed by atoms with van der Waals surface area (Å²) in [5.74, 6) is 0.341. The molecule has 1 fully saturated rings. The molecule has 1 N–H and O–H groups in total. The molecule has 2 rings (SSSR count). The Hall–Kier alpha value is 0.290. The predicted octanol–water partition coefficient (Wildman–Crippen LogP) is 0.524. The number of sulfone groups is 1. The second kappa shape index (κ2) is 3.14. The smallest absolute Gasteiger partial charge is 0.247 e. The molecule has 0 amide bonds. The summed E-state index contributed by atoms with van der Waals surface area (Å²) in [6.45, 7) is 0. The van der Waals surface area contributed by atoms with Gasteiger partial charge in [-0.05, 0) is 0 Å². The van der Waals surface area contributed by atoms with Gasteiger partial charge in [-0.3, -0.25) is 4.99 Å². The van der Waals surface area contributed by atoms with Crippen LogP contribution in [0.3, 0.4) is 0 Å². The summed E-state index contributed by atoms with van der Waals surface area (Å²) in [5, 5.41) is 2.82. The van der Waals surface area contributed by atoms with Crippen molar-refractivity contribution < 1.29 is 8.42 Å². The van der Waals surface area contributed by atoms with E-state index in [9.17, 15) is 8.42 Å². The quantitative estimate of drug-likeness (QED) is 0.657. The highest BCUT2D eigenvalue weighted by atomic mass is 35.6. The molecule has 2 heterocycles. The minimum Gasteiger partial charge on any atom is -0.364 e. The average Bonchev–Trinajstić information content (AvgIpc) is 2.37. The van der Waals surface area contributed by atoms with Crippen LogP contribution in [0, 0.1) is 0 Å². The van der Waals surface area contributed by atoms with Crippen LogP contribution in [0.25, 0.3) is 0 Å². The number of halogens is 3. The fraction of sp³-hybridized carbons (Fsp3) is 0.833. The van der Waals surface area contributed by atoms with E-state index >= 15 is 0 Å². The lowest BCUT2D eigenvalue weighted by Crippen LogP contribution is -2.39. The topological polar surface area (TPSA) is 58.5 Å². The van der Waals surface area contributed by atoms with E-state index < -0.39 is 13.6 Å². The molecule has 80 valence electrons. The van der Waals surface area contributed by atoms with Crippen molar-refractivity contribution in [2.45, 2.75) is 15.9 Å². The van der Waals surface area contributed by atoms with Gasteiger partial charge in [-0.1, -0.05) is 34.8 Å². The first-order valence-corrected chi connectivity index (χ1v) is 6.85. The van der Waals surface area contributed by atoms with Crippen molar-refractivity contribution in [1.29, 1.82) is 0 Å². The van der Waals surface area contributed by atoms with Gasteiger partial charge in [0.15, 0.2) is 9.84 Å². The third kappa shape index (κ3) is 1.96. The van der Waals surface area contributed by atoms with Crippen molar-refractivity contribution in [2.24, 2.45) is 4.99 Å². The number of alkyl halides is 3. The SMILES string of the molecule is O=S1(=O)C[C@@H]2N=C(C(Cl)(Cl)Cl)N[C@@H]2C1. The number of hydrogen-bond donors (Lipinski definition) is 1. The van der Waals surface area contributed by atoms with Crippen molar-refractivity contribution in [3.05, 3.63) is 0 Å². The van der Waals surface area contributed by atoms with E-state index in [1.54, 1.807) is 0 Å². The number of fused-ring (bicyclic) bond motifs is 1. The van der Waals surface area contributed by atoms with Crippen molar-refractivity contribution in [1.82, 2.24) is 5.32 Å². The van der Waals surface area contributed by atoms with Gasteiger partial charge in [-0.2, -0.15) is 0 Å². The summed E-state index contributed by atoms with van der Waals surface area (Å²) in [7, 11) is -2.97. The molecule has 4 nitrogen and oxygen atoms in total. The number of rotatable bonds is 0. The van der Waals surface area contributed by atoms with E-state index in [2.05, 4.69) is 10.3 Å². The Balaban J connectivity index is 2.20. The van der Waals surface area contributed by atoms with Gasteiger partial charge < -0.3 is 5.32 Å². The van der Waals surface area contributed by atoms with E-state index in [1.165, 1.54) is 0 Å². The fourth-order valence-corrected chi connectivity index (χ4v) is 3.75. The van der Waals surface area contributed by atoms with Crippen LogP contribution in [-0.4, -0.2) is 41.6 Å². The first-order chi connectivity index (χ1) is 6.28. The summed E-state index contributed by atoms with van der Waals surface area (Å²) in [5.41, 5.74) is 0. The van der Waals surface area contributed by atoms with Crippen LogP contribution in [0.4, 0.5) is 0 Å². The number of hydrogen-bond acceptors (Lipinski definition) is 4. The molecule has 8 heteroatoms. The summed E-state index contributed by atoms with van der Waals surface area (Å²) >= 11 is 16.8. The van der Waals surface area contributed by atoms with E-state index in [-0.39, 0.29) is 29.4 Å². The Kier molecular flexibility index (Phi) is 2.42. The van der Waals surface area contributed by atoms with Gasteiger partial charge in [-0.25, -0.2) is 8.42 Å². The van der Waals surface area contributed by atoms with Crippen molar-refractivity contribution >= 4 is 50.5 Å². The van der Waals surface area contributed by atoms with Crippen molar-refractivity contribution in [3.8, 4) is 0 Å². The van der Waals surface area contributed by atoms with Crippen LogP contribution in [0.1, 0.15) is 0 Å². The summed E-state index contributed by atoms with van der Waals surface area (Å²) in [4.78, 5) is 4.05. The molecule has 0 aromatic carbocycles. The van der Waals surface area contributed by atoms with E-state index in [4.69, 9.17) is 34.8 Å². The monoisotopic (exact) mass is 276 g/mol. The Morgan fingerprint density at radius 2 is 2.00 bits per heavy atom. The van der Waals surface area contributed by atoms with Crippen molar-refractivity contribution in [2.75, 3.05) is 11.5 Å². The van der Waals surface area contributed by atoms with Crippen LogP contribution >= 0.6 is 34.8 Å². The fourth-order valence-electron chi connectivity index (χ4n) is 1.63. The zero-order valence-electron chi connectivity index (χ0n) is 6.87. The summed E-state index contributed by atoms with van der Waals surface area (Å²) in [6.07, 6.45) is 0. The van der Waals surface area contributed by atoms with Gasteiger partial charge in [0.05, 0.1) is 23.6 Å². The molecule has 0 saturated carbocycles. The number of aliphatic imine (C=N–C) groups is 1. The molecular formula is C6H7Cl3N2O2S. The molecule has 1 saturated heterocycles. The van der Waals surface area contributed by atoms with Crippen molar-refractivity contribution in [3.63, 3.8) is 0 Å². The van der Waals surface area contributed by atoms with Crippen LogP contribution in [0.15, 0.2) is 4.99 Å². The maximum atomic E-state index is 11.2. The van der Waals surface area contributed by atoms with Crippen LogP contribution in [0.2, 0.25) is 0 Å². The standard InChI is InChI=1S/C6H7Cl3N2O2S/c7-6(8,9)5-10-3-1-14(12,13)2-4(3)11-5/h3-4H,1-2H2,(H,10,11)/t3-,4+. The molecule has 0 aromatic rings. The normalized spacial score (nSPS) is 34.9. The Morgan fingerprint density at radius 3 is 2.50 bits per heavy atom. The van der Waals surface area contributed by atoms with Gasteiger partial charge in [0.1, 0.15) is 5.84 Å². The Morgan fingerprint density at radius 1 is 1.36 bits per heavy atom. The predicted molar refractivity (Wildman–Crippen MR) is 57.1 cm³/mol. The van der Waals surface area contributed by atoms with Crippen LogP contribution < -0.4 is 5.32 Å². The molecule has 0 unspecified atom stereocenters. The third-order valence-corrected chi connectivity index (χ3v) is 4.46. The number of nitrogens with zero attached hydrogens (tertiary/aromatic N) is 1. The first-order valence-electron chi connectivity index (χ1n) is 3.90. The summed E-state index contributed by atoms with van der Waals surface area (Å²) in [6, 6.07) is -0.531. The highest BCUT2D eigenvalue weighted by Crippen LogP contribution is 2.32. The molecule has 0 bridgehead atoms. The first kappa shape index (κ1) is 10.8. The lowest BCUT2D eigenvalue weighted by atomic mass is 10.2. The van der Waals surface area contributed by atoms with Crippen LogP contribution in [-0.2, 0) is 9.84 Å². The number of nitrogens with one attached hydrogen (secondary N) is 1. The zero-order chi connectivity index (χ0) is 10.6. The second-order valence-corrected chi connectivity index (χ2v) is 7.81. The Labute approximate surface area is 96.5 Å². The molecule has 14 heavy (non-hydrogen) atoms. The summed E-state index contributed by atoms with van der Waals surface area (Å²) < 4.78 is 20.8. The Bertz CT molecular complexity index is 386. The molecule has 2 aliphatic heterocycles. The largest absolute Gasteiger partial charge is 0.364 e. The van der Waals surface area contributed by atoms with E-state index in [1.807, 2.05) is 0 Å². The van der Waals surface area contributed by atoms with Gasteiger partial charge >= 0.3 is 0 Å². The molecule has 0 aliphatic carbocycles. The molecule has 0 radical (unpaired) electrons. The molecule has 2 aliphatic rings. The lowest BCUT2D eigenvalue weighted by Gasteiger charge is -2.13. The minimum absolute atomic E-state index is 0.0366.